The third-order valence-corrected chi connectivity index (χ3v) is 2.40. The highest BCUT2D eigenvalue weighted by atomic mass is 31.1. The van der Waals surface area contributed by atoms with Crippen molar-refractivity contribution in [1.29, 1.82) is 0 Å². The molecule has 0 spiro atoms. The van der Waals surface area contributed by atoms with E-state index in [9.17, 15) is 4.57 Å². The van der Waals surface area contributed by atoms with Crippen LogP contribution in [0.2, 0.25) is 0 Å². The average Bonchev–Trinajstić information content (AvgIpc) is 1.86. The molecule has 0 amide bonds. The molecule has 60 valence electrons. The van der Waals surface area contributed by atoms with Gasteiger partial charge in [-0.3, -0.25) is 0 Å². The average molecular weight is 164 g/mol. The van der Waals surface area contributed by atoms with E-state index in [1.165, 1.54) is 0 Å². The second-order valence-electron chi connectivity index (χ2n) is 2.39. The highest BCUT2D eigenvalue weighted by Gasteiger charge is 2.18. The third kappa shape index (κ3) is 4.86. The van der Waals surface area contributed by atoms with Crippen LogP contribution < -0.4 is 5.73 Å². The van der Waals surface area contributed by atoms with Crippen LogP contribution in [0.15, 0.2) is 0 Å². The smallest absolute Gasteiger partial charge is 0.330 e. The molecular formula is C6H15NO2P+. The van der Waals surface area contributed by atoms with Crippen LogP contribution in [0.5, 0.6) is 0 Å². The monoisotopic (exact) mass is 164 g/mol. The van der Waals surface area contributed by atoms with Crippen LogP contribution in [0.25, 0.3) is 0 Å². The molecule has 0 saturated heterocycles. The fourth-order valence-electron chi connectivity index (χ4n) is 0.881. The minimum atomic E-state index is -1.96. The molecule has 0 bridgehead atoms. The van der Waals surface area contributed by atoms with Gasteiger partial charge < -0.3 is 5.73 Å². The first-order chi connectivity index (χ1) is 4.70. The largest absolute Gasteiger partial charge is 0.505 e. The molecule has 3 N–H and O–H groups in total. The van der Waals surface area contributed by atoms with Crippen molar-refractivity contribution in [3.8, 4) is 0 Å². The van der Waals surface area contributed by atoms with E-state index in [-0.39, 0.29) is 0 Å². The second-order valence-corrected chi connectivity index (χ2v) is 3.46. The quantitative estimate of drug-likeness (QED) is 0.598. The lowest BCUT2D eigenvalue weighted by Crippen LogP contribution is -2.09. The Kier molecular flexibility index (Phi) is 5.79. The van der Waals surface area contributed by atoms with E-state index in [1.807, 2.05) is 6.92 Å². The van der Waals surface area contributed by atoms with Crippen molar-refractivity contribution in [2.45, 2.75) is 19.8 Å². The van der Waals surface area contributed by atoms with Crippen molar-refractivity contribution in [1.82, 2.24) is 0 Å². The van der Waals surface area contributed by atoms with Crippen molar-refractivity contribution in [3.63, 3.8) is 0 Å². The van der Waals surface area contributed by atoms with Crippen molar-refractivity contribution in [2.75, 3.05) is 12.7 Å². The SMILES string of the molecule is CCC(CCN)C[P+](=O)O. The molecule has 0 saturated carbocycles. The van der Waals surface area contributed by atoms with Crippen molar-refractivity contribution >= 4 is 8.03 Å². The molecule has 3 nitrogen and oxygen atoms in total. The Bertz CT molecular complexity index is 108. The maximum atomic E-state index is 10.4. The summed E-state index contributed by atoms with van der Waals surface area (Å²) in [5, 5.41) is 0. The van der Waals surface area contributed by atoms with Crippen LogP contribution in [-0.2, 0) is 4.57 Å². The molecule has 0 rings (SSSR count). The summed E-state index contributed by atoms with van der Waals surface area (Å²) in [6.45, 7) is 2.63. The summed E-state index contributed by atoms with van der Waals surface area (Å²) < 4.78 is 10.4. The molecule has 0 fully saturated rings. The first-order valence-corrected chi connectivity index (χ1v) is 4.94. The Morgan fingerprint density at radius 2 is 2.30 bits per heavy atom. The highest BCUT2D eigenvalue weighted by molar-refractivity contribution is 7.38. The molecule has 0 aliphatic heterocycles. The Hall–Kier alpha value is 0.0200. The van der Waals surface area contributed by atoms with Gasteiger partial charge in [-0.05, 0) is 24.0 Å². The lowest BCUT2D eigenvalue weighted by Gasteiger charge is -2.04. The van der Waals surface area contributed by atoms with Gasteiger partial charge in [-0.15, -0.1) is 0 Å². The van der Waals surface area contributed by atoms with E-state index in [0.29, 0.717) is 18.6 Å². The van der Waals surface area contributed by atoms with Crippen LogP contribution in [0.3, 0.4) is 0 Å². The lowest BCUT2D eigenvalue weighted by atomic mass is 10.1. The van der Waals surface area contributed by atoms with E-state index < -0.39 is 8.03 Å². The summed E-state index contributed by atoms with van der Waals surface area (Å²) in [5.41, 5.74) is 5.30. The van der Waals surface area contributed by atoms with Gasteiger partial charge in [0.15, 0.2) is 6.16 Å². The van der Waals surface area contributed by atoms with Crippen molar-refractivity contribution in [3.05, 3.63) is 0 Å². The van der Waals surface area contributed by atoms with Gasteiger partial charge in [-0.2, -0.15) is 4.89 Å². The third-order valence-electron chi connectivity index (χ3n) is 1.57. The molecule has 0 heterocycles. The van der Waals surface area contributed by atoms with Gasteiger partial charge in [0.25, 0.3) is 0 Å². The van der Waals surface area contributed by atoms with Crippen LogP contribution in [-0.4, -0.2) is 17.6 Å². The van der Waals surface area contributed by atoms with E-state index in [2.05, 4.69) is 0 Å². The van der Waals surface area contributed by atoms with Crippen molar-refractivity contribution in [2.24, 2.45) is 11.7 Å². The zero-order valence-electron chi connectivity index (χ0n) is 6.29. The number of rotatable bonds is 5. The van der Waals surface area contributed by atoms with Gasteiger partial charge in [0.1, 0.15) is 0 Å². The molecule has 2 atom stereocenters. The standard InChI is InChI=1S/C6H14NO2P/c1-2-6(3-4-7)5-10(8)9/h6H,2-5,7H2,1H3/p+1. The maximum Gasteiger partial charge on any atom is 0.505 e. The van der Waals surface area contributed by atoms with E-state index in [4.69, 9.17) is 10.6 Å². The highest BCUT2D eigenvalue weighted by Crippen LogP contribution is 2.21. The molecule has 0 aromatic rings. The second kappa shape index (κ2) is 5.78. The Morgan fingerprint density at radius 1 is 1.70 bits per heavy atom. The van der Waals surface area contributed by atoms with Crippen LogP contribution in [0.1, 0.15) is 19.8 Å². The van der Waals surface area contributed by atoms with Gasteiger partial charge in [-0.1, -0.05) is 6.92 Å². The molecule has 0 radical (unpaired) electrons. The van der Waals surface area contributed by atoms with E-state index in [0.717, 1.165) is 12.8 Å². The molecule has 0 aliphatic carbocycles. The molecule has 0 aromatic carbocycles. The van der Waals surface area contributed by atoms with E-state index in [1.54, 1.807) is 0 Å². The number of hydrogen-bond donors (Lipinski definition) is 2. The zero-order valence-corrected chi connectivity index (χ0v) is 7.18. The molecule has 2 unspecified atom stereocenters. The van der Waals surface area contributed by atoms with Gasteiger partial charge in [0.2, 0.25) is 0 Å². The van der Waals surface area contributed by atoms with Gasteiger partial charge in [-0.25, -0.2) is 0 Å². The van der Waals surface area contributed by atoms with Gasteiger partial charge >= 0.3 is 8.03 Å². The molecule has 0 aromatic heterocycles. The van der Waals surface area contributed by atoms with E-state index >= 15 is 0 Å². The number of nitrogens with two attached hydrogens (primary N) is 1. The molecule has 4 heteroatoms. The van der Waals surface area contributed by atoms with Crippen LogP contribution >= 0.6 is 8.03 Å². The predicted octanol–water partition coefficient (Wildman–Crippen LogP) is 1.10. The Balaban J connectivity index is 3.49. The minimum absolute atomic E-state index is 0.332. The summed E-state index contributed by atoms with van der Waals surface area (Å²) in [4.78, 5) is 8.55. The minimum Gasteiger partial charge on any atom is -0.330 e. The maximum absolute atomic E-state index is 10.4. The topological polar surface area (TPSA) is 63.3 Å². The lowest BCUT2D eigenvalue weighted by molar-refractivity contribution is 0.467. The number of hydrogen-bond acceptors (Lipinski definition) is 2. The van der Waals surface area contributed by atoms with Crippen molar-refractivity contribution < 1.29 is 9.46 Å². The first kappa shape index (κ1) is 10.0. The zero-order chi connectivity index (χ0) is 7.98. The fourth-order valence-corrected chi connectivity index (χ4v) is 1.76. The molecule has 10 heavy (non-hydrogen) atoms. The summed E-state index contributed by atoms with van der Waals surface area (Å²) >= 11 is 0. The molecule has 0 aliphatic rings. The summed E-state index contributed by atoms with van der Waals surface area (Å²) in [6.07, 6.45) is 2.21. The fraction of sp³-hybridized carbons (Fsp3) is 1.00. The summed E-state index contributed by atoms with van der Waals surface area (Å²) in [7, 11) is -1.96. The Morgan fingerprint density at radius 3 is 2.60 bits per heavy atom. The van der Waals surface area contributed by atoms with Crippen LogP contribution in [0.4, 0.5) is 0 Å². The normalized spacial score (nSPS) is 14.9. The summed E-state index contributed by atoms with van der Waals surface area (Å²) in [5.74, 6) is 0.332. The predicted molar refractivity (Wildman–Crippen MR) is 42.1 cm³/mol. The van der Waals surface area contributed by atoms with Crippen LogP contribution in [0, 0.1) is 5.92 Å². The van der Waals surface area contributed by atoms with Gasteiger partial charge in [0.05, 0.1) is 0 Å². The van der Waals surface area contributed by atoms with Gasteiger partial charge in [0, 0.05) is 5.92 Å². The summed E-state index contributed by atoms with van der Waals surface area (Å²) in [6, 6.07) is 0. The Labute approximate surface area is 62.5 Å². The first-order valence-electron chi connectivity index (χ1n) is 3.54. The molecular weight excluding hydrogens is 149 g/mol.